The van der Waals surface area contributed by atoms with Crippen molar-refractivity contribution in [2.45, 2.75) is 90.6 Å². The van der Waals surface area contributed by atoms with Crippen LogP contribution in [0.25, 0.3) is 11.1 Å². The maximum absolute atomic E-state index is 13.5. The predicted octanol–water partition coefficient (Wildman–Crippen LogP) is 4.03. The van der Waals surface area contributed by atoms with Crippen LogP contribution < -0.4 is 10.6 Å². The second-order valence-electron chi connectivity index (χ2n) is 13.1. The number of amides is 2. The van der Waals surface area contributed by atoms with E-state index in [1.807, 2.05) is 36.4 Å². The summed E-state index contributed by atoms with van der Waals surface area (Å²) in [5.74, 6) is -0.138. The molecule has 2 bridgehead atoms. The third-order valence-electron chi connectivity index (χ3n) is 9.50. The quantitative estimate of drug-likeness (QED) is 0.409. The lowest BCUT2D eigenvalue weighted by Gasteiger charge is -2.64. The number of hydrogen-bond donors (Lipinski definition) is 3. The zero-order valence-electron chi connectivity index (χ0n) is 24.4. The highest BCUT2D eigenvalue weighted by Gasteiger charge is 2.68. The van der Waals surface area contributed by atoms with E-state index in [-0.39, 0.29) is 23.1 Å². The Hall–Kier alpha value is -2.75. The Morgan fingerprint density at radius 2 is 1.80 bits per heavy atom. The Balaban J connectivity index is 1.29. The lowest BCUT2D eigenvalue weighted by molar-refractivity contribution is -0.199. The number of rotatable bonds is 9. The van der Waals surface area contributed by atoms with Crippen LogP contribution >= 0.6 is 0 Å². The molecule has 0 radical (unpaired) electrons. The van der Waals surface area contributed by atoms with Gasteiger partial charge in [-0.3, -0.25) is 14.6 Å². The van der Waals surface area contributed by atoms with Crippen LogP contribution in [0.1, 0.15) is 71.3 Å². The minimum absolute atomic E-state index is 0.00364. The first-order valence-electron chi connectivity index (χ1n) is 14.5. The molecule has 214 valence electrons. The fourth-order valence-corrected chi connectivity index (χ4v) is 7.07. The van der Waals surface area contributed by atoms with E-state index in [4.69, 9.17) is 9.31 Å². The van der Waals surface area contributed by atoms with Crippen molar-refractivity contribution < 1.29 is 24.0 Å². The molecular formula is C31H42BN3O5. The Labute approximate surface area is 237 Å². The summed E-state index contributed by atoms with van der Waals surface area (Å²) in [6, 6.07) is 12.0. The van der Waals surface area contributed by atoms with Crippen LogP contribution in [0.5, 0.6) is 0 Å². The molecule has 3 N–H and O–H groups in total. The molecule has 3 aliphatic carbocycles. The molecule has 0 spiro atoms. The van der Waals surface area contributed by atoms with Gasteiger partial charge >= 0.3 is 7.12 Å². The van der Waals surface area contributed by atoms with Gasteiger partial charge in [-0.2, -0.15) is 0 Å². The lowest BCUT2D eigenvalue weighted by Crippen LogP contribution is -2.65. The van der Waals surface area contributed by atoms with Gasteiger partial charge in [-0.1, -0.05) is 58.0 Å². The number of nitrogens with one attached hydrogen (secondary N) is 2. The molecular weight excluding hydrogens is 505 g/mol. The molecule has 6 rings (SSSR count). The van der Waals surface area contributed by atoms with E-state index < -0.39 is 42.6 Å². The molecule has 3 saturated carbocycles. The van der Waals surface area contributed by atoms with Gasteiger partial charge in [0.2, 0.25) is 5.91 Å². The van der Waals surface area contributed by atoms with Gasteiger partial charge in [0, 0.05) is 6.20 Å². The summed E-state index contributed by atoms with van der Waals surface area (Å²) in [5.41, 5.74) is 1.78. The molecule has 1 aromatic carbocycles. The van der Waals surface area contributed by atoms with Gasteiger partial charge in [-0.15, -0.1) is 0 Å². The summed E-state index contributed by atoms with van der Waals surface area (Å²) >= 11 is 0. The summed E-state index contributed by atoms with van der Waals surface area (Å²) in [5, 5.41) is 16.3. The van der Waals surface area contributed by atoms with Crippen molar-refractivity contribution >= 4 is 18.9 Å². The summed E-state index contributed by atoms with van der Waals surface area (Å²) in [7, 11) is -0.592. The fraction of sp³-hybridized carbons (Fsp3) is 0.581. The highest BCUT2D eigenvalue weighted by molar-refractivity contribution is 6.48. The molecule has 0 unspecified atom stereocenters. The van der Waals surface area contributed by atoms with Gasteiger partial charge in [-0.25, -0.2) is 0 Å². The third kappa shape index (κ3) is 5.31. The number of aliphatic hydroxyl groups is 1. The molecule has 1 saturated heterocycles. The molecule has 2 aromatic rings. The molecule has 4 aliphatic rings. The molecule has 1 aliphatic heterocycles. The largest absolute Gasteiger partial charge is 0.481 e. The monoisotopic (exact) mass is 547 g/mol. The van der Waals surface area contributed by atoms with E-state index in [1.165, 1.54) is 6.92 Å². The molecule has 9 heteroatoms. The first kappa shape index (κ1) is 28.8. The number of pyridine rings is 1. The van der Waals surface area contributed by atoms with Crippen molar-refractivity contribution in [2.75, 3.05) is 0 Å². The Morgan fingerprint density at radius 3 is 2.45 bits per heavy atom. The van der Waals surface area contributed by atoms with Crippen molar-refractivity contribution in [3.8, 4) is 11.1 Å². The van der Waals surface area contributed by atoms with E-state index in [1.54, 1.807) is 12.3 Å². The van der Waals surface area contributed by atoms with Crippen LogP contribution in [-0.4, -0.2) is 58.8 Å². The van der Waals surface area contributed by atoms with Crippen molar-refractivity contribution in [1.29, 1.82) is 0 Å². The van der Waals surface area contributed by atoms with Gasteiger partial charge in [-0.05, 0) is 79.5 Å². The van der Waals surface area contributed by atoms with E-state index in [0.29, 0.717) is 18.3 Å². The molecule has 2 heterocycles. The second kappa shape index (κ2) is 10.9. The number of aromatic nitrogens is 1. The Morgan fingerprint density at radius 1 is 1.07 bits per heavy atom. The van der Waals surface area contributed by atoms with E-state index in [0.717, 1.165) is 24.0 Å². The van der Waals surface area contributed by atoms with E-state index in [2.05, 4.69) is 50.2 Å². The summed E-state index contributed by atoms with van der Waals surface area (Å²) < 4.78 is 13.1. The maximum Gasteiger partial charge on any atom is 0.481 e. The predicted molar refractivity (Wildman–Crippen MR) is 154 cm³/mol. The number of hydrogen-bond acceptors (Lipinski definition) is 6. The summed E-state index contributed by atoms with van der Waals surface area (Å²) in [6.45, 7) is 12.5. The van der Waals surface area contributed by atoms with Crippen molar-refractivity contribution in [3.63, 3.8) is 0 Å². The summed E-state index contributed by atoms with van der Waals surface area (Å²) in [4.78, 5) is 30.9. The van der Waals surface area contributed by atoms with E-state index >= 15 is 0 Å². The number of aliphatic hydroxyl groups excluding tert-OH is 1. The van der Waals surface area contributed by atoms with Crippen LogP contribution in [0, 0.1) is 23.2 Å². The molecule has 8 nitrogen and oxygen atoms in total. The van der Waals surface area contributed by atoms with Crippen LogP contribution in [0.15, 0.2) is 48.7 Å². The first-order valence-corrected chi connectivity index (χ1v) is 14.5. The number of carbonyl (C=O) groups excluding carboxylic acids is 2. The third-order valence-corrected chi connectivity index (χ3v) is 9.50. The average Bonchev–Trinajstić information content (AvgIpc) is 3.28. The van der Waals surface area contributed by atoms with E-state index in [9.17, 15) is 14.7 Å². The molecule has 40 heavy (non-hydrogen) atoms. The molecule has 4 fully saturated rings. The maximum atomic E-state index is 13.5. The van der Waals surface area contributed by atoms with Gasteiger partial charge in [0.05, 0.1) is 23.8 Å². The molecule has 2 amide bonds. The average molecular weight is 548 g/mol. The van der Waals surface area contributed by atoms with Crippen LogP contribution in [-0.2, 0) is 14.1 Å². The van der Waals surface area contributed by atoms with Gasteiger partial charge in [0.1, 0.15) is 11.7 Å². The first-order chi connectivity index (χ1) is 18.9. The van der Waals surface area contributed by atoms with Gasteiger partial charge in [0.15, 0.2) is 0 Å². The number of benzene rings is 1. The lowest BCUT2D eigenvalue weighted by atomic mass is 9.43. The fourth-order valence-electron chi connectivity index (χ4n) is 7.07. The van der Waals surface area contributed by atoms with Crippen LogP contribution in [0.2, 0.25) is 0 Å². The second-order valence-corrected chi connectivity index (χ2v) is 13.1. The zero-order valence-corrected chi connectivity index (χ0v) is 24.4. The Kier molecular flexibility index (Phi) is 7.85. The number of carbonyl (C=O) groups is 2. The van der Waals surface area contributed by atoms with Crippen LogP contribution in [0.3, 0.4) is 0 Å². The van der Waals surface area contributed by atoms with Gasteiger partial charge < -0.3 is 25.0 Å². The highest BCUT2D eigenvalue weighted by atomic mass is 16.7. The van der Waals surface area contributed by atoms with Crippen molar-refractivity contribution in [1.82, 2.24) is 15.6 Å². The topological polar surface area (TPSA) is 110 Å². The van der Waals surface area contributed by atoms with Gasteiger partial charge in [0.25, 0.3) is 5.91 Å². The smallest absolute Gasteiger partial charge is 0.404 e. The normalized spacial score (nSPS) is 28.7. The SMILES string of the molecule is CC(C)C[C@H](NC(=O)[C@@H](NC(=O)c1cc(-c2ccccc2)ccn1)[C@@H](C)O)B1O[C@@H]2C[C@H]3C[C@H](C3(C)C)[C@]2(C)O1. The molecule has 1 aromatic heterocycles. The Bertz CT molecular complexity index is 1240. The molecule has 7 atom stereocenters. The zero-order chi connectivity index (χ0) is 28.8. The number of nitrogens with zero attached hydrogens (tertiary/aromatic N) is 1. The van der Waals surface area contributed by atoms with Crippen molar-refractivity contribution in [3.05, 3.63) is 54.4 Å². The standard InChI is InChI=1S/C31H42BN3O5/c1-18(2)14-26(32-39-25-17-22-16-24(30(22,4)5)31(25,6)40-32)34-29(38)27(19(3)36)35-28(37)23-15-21(12-13-33-23)20-10-8-7-9-11-20/h7-13,15,18-19,22,24-27,36H,14,16-17H2,1-6H3,(H,34,38)(H,35,37)/t19-,22-,24-,25-,26+,27+,31+/m1/s1. The minimum atomic E-state index is -1.17. The van der Waals surface area contributed by atoms with Crippen molar-refractivity contribution in [2.24, 2.45) is 23.2 Å². The minimum Gasteiger partial charge on any atom is -0.404 e. The van der Waals surface area contributed by atoms with Crippen LogP contribution in [0.4, 0.5) is 0 Å². The highest BCUT2D eigenvalue weighted by Crippen LogP contribution is 2.65. The summed E-state index contributed by atoms with van der Waals surface area (Å²) in [6.07, 6.45) is 3.18.